The van der Waals surface area contributed by atoms with Crippen molar-refractivity contribution in [3.63, 3.8) is 0 Å². The number of nitrogens with one attached hydrogen (secondary N) is 1. The quantitative estimate of drug-likeness (QED) is 0.486. The molecule has 0 saturated carbocycles. The van der Waals surface area contributed by atoms with Gasteiger partial charge in [0.25, 0.3) is 5.91 Å². The first-order valence-corrected chi connectivity index (χ1v) is 10.3. The van der Waals surface area contributed by atoms with Crippen molar-refractivity contribution < 1.29 is 19.0 Å². The van der Waals surface area contributed by atoms with E-state index >= 15 is 0 Å². The highest BCUT2D eigenvalue weighted by Crippen LogP contribution is 2.32. The third-order valence-electron chi connectivity index (χ3n) is 5.23. The Morgan fingerprint density at radius 1 is 1.00 bits per heavy atom. The first kappa shape index (κ1) is 20.4. The number of hydrogen-bond acceptors (Lipinski definition) is 7. The van der Waals surface area contributed by atoms with Crippen LogP contribution >= 0.6 is 0 Å². The maximum absolute atomic E-state index is 13.1. The van der Waals surface area contributed by atoms with Crippen LogP contribution in [0.3, 0.4) is 0 Å². The van der Waals surface area contributed by atoms with Crippen molar-refractivity contribution >= 4 is 5.91 Å². The number of benzene rings is 2. The SMILES string of the molecule is COc1ccc(-c2ncc(C(=O)NCc3ccc4c(c3)OCO4)c(-c3ccncc3)n2)cc1. The third kappa shape index (κ3) is 4.31. The second-order valence-electron chi connectivity index (χ2n) is 7.29. The fourth-order valence-electron chi connectivity index (χ4n) is 3.49. The molecule has 164 valence electrons. The van der Waals surface area contributed by atoms with Crippen molar-refractivity contribution in [2.45, 2.75) is 6.54 Å². The first-order valence-electron chi connectivity index (χ1n) is 10.3. The fraction of sp³-hybridized carbons (Fsp3) is 0.120. The van der Waals surface area contributed by atoms with E-state index in [-0.39, 0.29) is 12.7 Å². The van der Waals surface area contributed by atoms with Gasteiger partial charge in [-0.05, 0) is 54.1 Å². The highest BCUT2D eigenvalue weighted by molar-refractivity contribution is 5.99. The Labute approximate surface area is 190 Å². The lowest BCUT2D eigenvalue weighted by molar-refractivity contribution is 0.0951. The number of rotatable bonds is 6. The number of carbonyl (C=O) groups excluding carboxylic acids is 1. The van der Waals surface area contributed by atoms with Crippen molar-refractivity contribution in [1.29, 1.82) is 0 Å². The Morgan fingerprint density at radius 3 is 2.58 bits per heavy atom. The molecule has 2 aromatic carbocycles. The zero-order valence-corrected chi connectivity index (χ0v) is 17.8. The molecule has 1 aliphatic heterocycles. The summed E-state index contributed by atoms with van der Waals surface area (Å²) >= 11 is 0. The highest BCUT2D eigenvalue weighted by Gasteiger charge is 2.18. The Morgan fingerprint density at radius 2 is 1.79 bits per heavy atom. The standard InChI is InChI=1S/C25H20N4O4/c1-31-19-5-3-18(4-6-19)24-27-14-20(23(29-24)17-8-10-26-11-9-17)25(30)28-13-16-2-7-21-22(12-16)33-15-32-21/h2-12,14H,13,15H2,1H3,(H,28,30). The molecule has 0 bridgehead atoms. The Bertz CT molecular complexity index is 1290. The second-order valence-corrected chi connectivity index (χ2v) is 7.29. The van der Waals surface area contributed by atoms with Crippen molar-refractivity contribution in [2.24, 2.45) is 0 Å². The highest BCUT2D eigenvalue weighted by atomic mass is 16.7. The van der Waals surface area contributed by atoms with Gasteiger partial charge in [0, 0.05) is 36.3 Å². The Hall–Kier alpha value is -4.46. The van der Waals surface area contributed by atoms with Gasteiger partial charge >= 0.3 is 0 Å². The fourth-order valence-corrected chi connectivity index (χ4v) is 3.49. The van der Waals surface area contributed by atoms with Crippen LogP contribution in [-0.4, -0.2) is 34.8 Å². The molecule has 0 saturated heterocycles. The Balaban J connectivity index is 1.43. The minimum absolute atomic E-state index is 0.207. The molecule has 0 aliphatic carbocycles. The molecule has 0 unspecified atom stereocenters. The molecule has 1 amide bonds. The number of ether oxygens (including phenoxy) is 3. The van der Waals surface area contributed by atoms with Crippen LogP contribution < -0.4 is 19.5 Å². The predicted octanol–water partition coefficient (Wildman–Crippen LogP) is 3.87. The zero-order valence-electron chi connectivity index (χ0n) is 17.8. The smallest absolute Gasteiger partial charge is 0.255 e. The van der Waals surface area contributed by atoms with Crippen LogP contribution in [0.25, 0.3) is 22.6 Å². The monoisotopic (exact) mass is 440 g/mol. The van der Waals surface area contributed by atoms with E-state index in [0.29, 0.717) is 35.1 Å². The maximum Gasteiger partial charge on any atom is 0.255 e. The van der Waals surface area contributed by atoms with Gasteiger partial charge in [-0.3, -0.25) is 9.78 Å². The number of nitrogens with zero attached hydrogens (tertiary/aromatic N) is 3. The normalized spacial score (nSPS) is 11.8. The van der Waals surface area contributed by atoms with Crippen molar-refractivity contribution in [3.05, 3.63) is 84.3 Å². The van der Waals surface area contributed by atoms with Gasteiger partial charge in [0.2, 0.25) is 6.79 Å². The van der Waals surface area contributed by atoms with Crippen molar-refractivity contribution in [1.82, 2.24) is 20.3 Å². The van der Waals surface area contributed by atoms with Gasteiger partial charge in [-0.25, -0.2) is 9.97 Å². The van der Waals surface area contributed by atoms with E-state index < -0.39 is 0 Å². The summed E-state index contributed by atoms with van der Waals surface area (Å²) in [4.78, 5) is 26.3. The molecule has 0 atom stereocenters. The summed E-state index contributed by atoms with van der Waals surface area (Å²) in [6.07, 6.45) is 4.88. The van der Waals surface area contributed by atoms with Crippen LogP contribution in [0.1, 0.15) is 15.9 Å². The molecule has 33 heavy (non-hydrogen) atoms. The lowest BCUT2D eigenvalue weighted by Crippen LogP contribution is -2.24. The van der Waals surface area contributed by atoms with Gasteiger partial charge in [-0.2, -0.15) is 0 Å². The average molecular weight is 440 g/mol. The summed E-state index contributed by atoms with van der Waals surface area (Å²) in [5, 5.41) is 2.94. The van der Waals surface area contributed by atoms with Gasteiger partial charge < -0.3 is 19.5 Å². The molecule has 1 aliphatic rings. The number of pyridine rings is 1. The van der Waals surface area contributed by atoms with Gasteiger partial charge in [0.1, 0.15) is 5.75 Å². The van der Waals surface area contributed by atoms with Gasteiger partial charge in [-0.15, -0.1) is 0 Å². The maximum atomic E-state index is 13.1. The topological polar surface area (TPSA) is 95.5 Å². The second kappa shape index (κ2) is 8.96. The molecule has 0 fully saturated rings. The van der Waals surface area contributed by atoms with E-state index in [1.165, 1.54) is 0 Å². The predicted molar refractivity (Wildman–Crippen MR) is 121 cm³/mol. The van der Waals surface area contributed by atoms with E-state index in [1.807, 2.05) is 54.6 Å². The number of methoxy groups -OCH3 is 1. The first-order chi connectivity index (χ1) is 16.2. The number of aromatic nitrogens is 3. The van der Waals surface area contributed by atoms with Crippen molar-refractivity contribution in [2.75, 3.05) is 13.9 Å². The largest absolute Gasteiger partial charge is 0.497 e. The minimum Gasteiger partial charge on any atom is -0.497 e. The van der Waals surface area contributed by atoms with E-state index in [9.17, 15) is 4.79 Å². The molecule has 0 radical (unpaired) electrons. The summed E-state index contributed by atoms with van der Waals surface area (Å²) in [5.41, 5.74) is 3.39. The number of fused-ring (bicyclic) bond motifs is 1. The van der Waals surface area contributed by atoms with Crippen molar-refractivity contribution in [3.8, 4) is 39.9 Å². The minimum atomic E-state index is -0.277. The number of amides is 1. The van der Waals surface area contributed by atoms with Crippen LogP contribution in [0.5, 0.6) is 17.2 Å². The van der Waals surface area contributed by atoms with Crippen LogP contribution in [-0.2, 0) is 6.54 Å². The Kier molecular flexibility index (Phi) is 5.55. The number of hydrogen-bond donors (Lipinski definition) is 1. The summed E-state index contributed by atoms with van der Waals surface area (Å²) in [5.74, 6) is 2.35. The van der Waals surface area contributed by atoms with Crippen LogP contribution in [0.4, 0.5) is 0 Å². The van der Waals surface area contributed by atoms with E-state index in [0.717, 1.165) is 22.4 Å². The summed E-state index contributed by atoms with van der Waals surface area (Å²) in [7, 11) is 1.62. The molecule has 0 spiro atoms. The molecule has 3 heterocycles. The number of carbonyl (C=O) groups is 1. The lowest BCUT2D eigenvalue weighted by atomic mass is 10.1. The molecule has 1 N–H and O–H groups in total. The molecular weight excluding hydrogens is 420 g/mol. The van der Waals surface area contributed by atoms with Gasteiger partial charge in [-0.1, -0.05) is 6.07 Å². The lowest BCUT2D eigenvalue weighted by Gasteiger charge is -2.12. The van der Waals surface area contributed by atoms with E-state index in [4.69, 9.17) is 19.2 Å². The molecule has 8 heteroatoms. The molecule has 2 aromatic heterocycles. The molecule has 4 aromatic rings. The molecule has 5 rings (SSSR count). The van der Waals surface area contributed by atoms with E-state index in [2.05, 4.69) is 15.3 Å². The van der Waals surface area contributed by atoms with Crippen LogP contribution in [0, 0.1) is 0 Å². The summed E-state index contributed by atoms with van der Waals surface area (Å²) in [6.45, 7) is 0.532. The van der Waals surface area contributed by atoms with Gasteiger partial charge in [0.15, 0.2) is 17.3 Å². The van der Waals surface area contributed by atoms with Crippen LogP contribution in [0.15, 0.2) is 73.2 Å². The zero-order chi connectivity index (χ0) is 22.6. The summed E-state index contributed by atoms with van der Waals surface area (Å²) in [6, 6.07) is 16.7. The summed E-state index contributed by atoms with van der Waals surface area (Å²) < 4.78 is 16.0. The molecule has 8 nitrogen and oxygen atoms in total. The van der Waals surface area contributed by atoms with Gasteiger partial charge in [0.05, 0.1) is 18.4 Å². The third-order valence-corrected chi connectivity index (χ3v) is 5.23. The van der Waals surface area contributed by atoms with E-state index in [1.54, 1.807) is 25.7 Å². The average Bonchev–Trinajstić information content (AvgIpc) is 3.35. The molecular formula is C25H20N4O4. The van der Waals surface area contributed by atoms with Crippen LogP contribution in [0.2, 0.25) is 0 Å².